The number of benzene rings is 6. The van der Waals surface area contributed by atoms with Gasteiger partial charge in [0.05, 0.1) is 7.05 Å². The Hall–Kier alpha value is -5.51. The van der Waals surface area contributed by atoms with Gasteiger partial charge in [0.15, 0.2) is 5.54 Å². The van der Waals surface area contributed by atoms with E-state index in [0.717, 1.165) is 19.3 Å². The number of amides is 1. The Bertz CT molecular complexity index is 2290. The van der Waals surface area contributed by atoms with Gasteiger partial charge in [-0.25, -0.2) is 4.79 Å². The van der Waals surface area contributed by atoms with Crippen LogP contribution in [-0.2, 0) is 14.9 Å². The van der Waals surface area contributed by atoms with Gasteiger partial charge in [0.25, 0.3) is 5.91 Å². The molecule has 6 heteroatoms. The second kappa shape index (κ2) is 18.6. The maximum atomic E-state index is 14.9. The summed E-state index contributed by atoms with van der Waals surface area (Å²) >= 11 is 0. The summed E-state index contributed by atoms with van der Waals surface area (Å²) in [6, 6.07) is 56.0. The van der Waals surface area contributed by atoms with Gasteiger partial charge in [0.2, 0.25) is 0 Å². The third-order valence-electron chi connectivity index (χ3n) is 12.5. The number of fused-ring (bicyclic) bond motifs is 1. The Morgan fingerprint density at radius 3 is 1.85 bits per heavy atom. The van der Waals surface area contributed by atoms with E-state index in [-0.39, 0.29) is 23.3 Å². The number of ether oxygens (including phenoxy) is 1. The minimum Gasteiger partial charge on any atom is -0.460 e. The third-order valence-corrected chi connectivity index (χ3v) is 16.3. The standard InChI is InChI=1S/C53H57N2O3P/c1-5-53(55-50(56)42-23-10-6-11-24-42,51(57)58-49-38-40(2)32-35-48(49)52(3,4)44-34-33-41-22-18-19-25-43(41)39-44)36-20-21-37-54-59(45-26-12-7-13-27-45,46-28-14-8-15-29-46)47-30-16-9-17-31-47/h5-19,22-31,33-34,39-40,48-49H,1,20-21,32,35-38H2,2-4H3,(H,55,56)/t40-,48-,49-,53+/m1/s1. The zero-order valence-corrected chi connectivity index (χ0v) is 35.6. The minimum absolute atomic E-state index is 0.0843. The fourth-order valence-electron chi connectivity index (χ4n) is 9.01. The third kappa shape index (κ3) is 9.07. The van der Waals surface area contributed by atoms with E-state index in [9.17, 15) is 9.59 Å². The van der Waals surface area contributed by atoms with Crippen LogP contribution in [0.25, 0.3) is 10.8 Å². The van der Waals surface area contributed by atoms with Gasteiger partial charge in [-0.2, -0.15) is 0 Å². The first-order valence-corrected chi connectivity index (χ1v) is 22.9. The zero-order chi connectivity index (χ0) is 41.3. The summed E-state index contributed by atoms with van der Waals surface area (Å²) in [7, 11) is -2.37. The van der Waals surface area contributed by atoms with Crippen LogP contribution in [-0.4, -0.2) is 30.1 Å². The summed E-state index contributed by atoms with van der Waals surface area (Å²) in [4.78, 5) is 28.8. The molecule has 6 aromatic rings. The molecule has 0 aliphatic heterocycles. The number of hydrogen-bond donors (Lipinski definition) is 1. The van der Waals surface area contributed by atoms with Gasteiger partial charge in [-0.1, -0.05) is 185 Å². The van der Waals surface area contributed by atoms with E-state index < -0.39 is 18.6 Å². The Morgan fingerprint density at radius 2 is 1.27 bits per heavy atom. The van der Waals surface area contributed by atoms with Crippen LogP contribution < -0.4 is 21.2 Å². The van der Waals surface area contributed by atoms with Gasteiger partial charge < -0.3 is 10.1 Å². The van der Waals surface area contributed by atoms with Gasteiger partial charge in [-0.15, -0.1) is 6.58 Å². The lowest BCUT2D eigenvalue weighted by Crippen LogP contribution is -2.56. The fraction of sp³-hybridized carbons (Fsp3) is 0.283. The lowest BCUT2D eigenvalue weighted by atomic mass is 9.64. The maximum absolute atomic E-state index is 14.9. The molecule has 0 unspecified atom stereocenters. The molecule has 0 bridgehead atoms. The van der Waals surface area contributed by atoms with Crippen molar-refractivity contribution in [2.75, 3.05) is 6.54 Å². The minimum atomic E-state index is -2.37. The molecule has 1 amide bonds. The van der Waals surface area contributed by atoms with E-state index in [1.165, 1.54) is 32.2 Å². The van der Waals surface area contributed by atoms with E-state index in [1.807, 2.05) is 36.4 Å². The number of rotatable bonds is 15. The average molecular weight is 801 g/mol. The number of nitrogens with one attached hydrogen (secondary N) is 1. The van der Waals surface area contributed by atoms with Crippen LogP contribution >= 0.6 is 7.05 Å². The molecular formula is C53H57N2O3P. The van der Waals surface area contributed by atoms with Gasteiger partial charge in [-0.05, 0) is 71.9 Å². The van der Waals surface area contributed by atoms with Crippen LogP contribution in [0.3, 0.4) is 0 Å². The molecule has 0 aromatic heterocycles. The summed E-state index contributed by atoms with van der Waals surface area (Å²) in [6.45, 7) is 11.6. The molecule has 5 nitrogen and oxygen atoms in total. The molecule has 4 atom stereocenters. The molecular weight excluding hydrogens is 744 g/mol. The Morgan fingerprint density at radius 1 is 0.729 bits per heavy atom. The molecule has 0 spiro atoms. The van der Waals surface area contributed by atoms with Crippen molar-refractivity contribution in [2.24, 2.45) is 16.6 Å². The number of carbonyl (C=O) groups is 2. The largest absolute Gasteiger partial charge is 0.460 e. The lowest BCUT2D eigenvalue weighted by Gasteiger charge is -2.45. The fourth-order valence-corrected chi connectivity index (χ4v) is 12.6. The topological polar surface area (TPSA) is 67.8 Å². The molecule has 302 valence electrons. The first kappa shape index (κ1) is 41.6. The smallest absolute Gasteiger partial charge is 0.336 e. The molecule has 1 fully saturated rings. The Balaban J connectivity index is 1.17. The summed E-state index contributed by atoms with van der Waals surface area (Å²) in [5.74, 6) is -0.301. The average Bonchev–Trinajstić information content (AvgIpc) is 3.28. The van der Waals surface area contributed by atoms with Crippen LogP contribution in [0, 0.1) is 11.8 Å². The second-order valence-corrected chi connectivity index (χ2v) is 19.8. The SMILES string of the molecule is C=C[C@@](CCCCN=P(c1ccccc1)(c1ccccc1)c1ccccc1)(NC(=O)c1ccccc1)C(=O)O[C@@H]1C[C@H](C)CC[C@H]1C(C)(C)c1ccc2ccccc2c1. The van der Waals surface area contributed by atoms with Crippen LogP contribution in [0.5, 0.6) is 0 Å². The second-order valence-electron chi connectivity index (χ2n) is 16.7. The monoisotopic (exact) mass is 800 g/mol. The predicted molar refractivity (Wildman–Crippen MR) is 246 cm³/mol. The maximum Gasteiger partial charge on any atom is 0.336 e. The van der Waals surface area contributed by atoms with Crippen molar-refractivity contribution in [1.29, 1.82) is 0 Å². The van der Waals surface area contributed by atoms with Crippen molar-refractivity contribution in [2.45, 2.75) is 76.4 Å². The number of esters is 1. The quantitative estimate of drug-likeness (QED) is 0.0487. The highest BCUT2D eigenvalue weighted by Gasteiger charge is 2.46. The molecule has 1 aliphatic carbocycles. The number of nitrogens with zero attached hydrogens (tertiary/aromatic N) is 1. The zero-order valence-electron chi connectivity index (χ0n) is 34.7. The van der Waals surface area contributed by atoms with Gasteiger partial charge in [0, 0.05) is 33.9 Å². The van der Waals surface area contributed by atoms with Crippen molar-refractivity contribution in [3.8, 4) is 0 Å². The van der Waals surface area contributed by atoms with Gasteiger partial charge >= 0.3 is 5.97 Å². The van der Waals surface area contributed by atoms with Crippen molar-refractivity contribution in [3.05, 3.63) is 188 Å². The first-order chi connectivity index (χ1) is 28.7. The van der Waals surface area contributed by atoms with Crippen LogP contribution in [0.4, 0.5) is 0 Å². The molecule has 0 radical (unpaired) electrons. The number of carbonyl (C=O) groups excluding carboxylic acids is 2. The summed E-state index contributed by atoms with van der Waals surface area (Å²) in [5, 5.41) is 9.12. The Kier molecular flexibility index (Phi) is 13.1. The van der Waals surface area contributed by atoms with E-state index >= 15 is 0 Å². The molecule has 6 aromatic carbocycles. The predicted octanol–water partition coefficient (Wildman–Crippen LogP) is 11.2. The van der Waals surface area contributed by atoms with Crippen molar-refractivity contribution in [3.63, 3.8) is 0 Å². The molecule has 0 heterocycles. The summed E-state index contributed by atoms with van der Waals surface area (Å²) < 4.78 is 12.3. The highest BCUT2D eigenvalue weighted by molar-refractivity contribution is 7.87. The van der Waals surface area contributed by atoms with Crippen LogP contribution in [0.2, 0.25) is 0 Å². The number of hydrogen-bond acceptors (Lipinski definition) is 4. The highest BCUT2D eigenvalue weighted by Crippen LogP contribution is 2.47. The van der Waals surface area contributed by atoms with Crippen LogP contribution in [0.1, 0.15) is 75.2 Å². The molecule has 1 N–H and O–H groups in total. The highest BCUT2D eigenvalue weighted by atomic mass is 31.2. The molecule has 1 aliphatic rings. The molecule has 0 saturated heterocycles. The van der Waals surface area contributed by atoms with Gasteiger partial charge in [-0.3, -0.25) is 9.54 Å². The van der Waals surface area contributed by atoms with E-state index in [0.29, 0.717) is 37.3 Å². The van der Waals surface area contributed by atoms with E-state index in [2.05, 4.69) is 148 Å². The van der Waals surface area contributed by atoms with Crippen molar-refractivity contribution < 1.29 is 14.3 Å². The Labute approximate surface area is 351 Å². The van der Waals surface area contributed by atoms with Crippen molar-refractivity contribution >= 4 is 45.6 Å². The van der Waals surface area contributed by atoms with E-state index in [4.69, 9.17) is 9.48 Å². The van der Waals surface area contributed by atoms with Crippen LogP contribution in [0.15, 0.2) is 181 Å². The lowest BCUT2D eigenvalue weighted by molar-refractivity contribution is -0.162. The normalized spacial score (nSPS) is 18.0. The molecule has 7 rings (SSSR count). The molecule has 59 heavy (non-hydrogen) atoms. The molecule has 1 saturated carbocycles. The summed E-state index contributed by atoms with van der Waals surface area (Å²) in [6.07, 6.45) is 5.68. The first-order valence-electron chi connectivity index (χ1n) is 21.1. The van der Waals surface area contributed by atoms with E-state index in [1.54, 1.807) is 18.2 Å². The van der Waals surface area contributed by atoms with Crippen molar-refractivity contribution in [1.82, 2.24) is 5.32 Å². The number of unbranched alkanes of at least 4 members (excludes halogenated alkanes) is 1. The summed E-state index contributed by atoms with van der Waals surface area (Å²) in [5.41, 5.74) is 0.00203. The van der Waals surface area contributed by atoms with Gasteiger partial charge in [0.1, 0.15) is 6.10 Å².